The van der Waals surface area contributed by atoms with Crippen LogP contribution in [0.1, 0.15) is 51.0 Å². The molecule has 1 aromatic heterocycles. The molecule has 2 N–H and O–H groups in total. The maximum atomic E-state index is 12.7. The number of hydrogen-bond donors (Lipinski definition) is 1. The first-order chi connectivity index (χ1) is 17.2. The number of anilines is 1. The zero-order chi connectivity index (χ0) is 26.2. The monoisotopic (exact) mass is 531 g/mol. The predicted octanol–water partition coefficient (Wildman–Crippen LogP) is 5.12. The maximum Gasteiger partial charge on any atom is 0.239 e. The quantitative estimate of drug-likeness (QED) is 0.385. The van der Waals surface area contributed by atoms with Crippen molar-refractivity contribution in [2.75, 3.05) is 31.7 Å². The Labute approximate surface area is 218 Å². The molecule has 1 aliphatic heterocycles. The van der Waals surface area contributed by atoms with Crippen LogP contribution in [0.25, 0.3) is 10.2 Å². The summed E-state index contributed by atoms with van der Waals surface area (Å²) in [6.07, 6.45) is 5.45. The molecule has 0 radical (unpaired) electrons. The van der Waals surface area contributed by atoms with Crippen LogP contribution in [0.5, 0.6) is 0 Å². The Morgan fingerprint density at radius 2 is 1.75 bits per heavy atom. The van der Waals surface area contributed by atoms with Crippen LogP contribution in [0.15, 0.2) is 53.4 Å². The molecule has 0 spiro atoms. The van der Waals surface area contributed by atoms with Crippen LogP contribution in [0.4, 0.5) is 5.13 Å². The first kappa shape index (κ1) is 28.1. The normalized spacial score (nSPS) is 15.2. The van der Waals surface area contributed by atoms with Crippen molar-refractivity contribution in [3.63, 3.8) is 0 Å². The fourth-order valence-corrected chi connectivity index (χ4v) is 7.05. The minimum Gasteiger partial charge on any atom is -0.381 e. The molecule has 0 bridgehead atoms. The van der Waals surface area contributed by atoms with Crippen LogP contribution in [0.3, 0.4) is 0 Å². The average Bonchev–Trinajstić information content (AvgIpc) is 3.32. The van der Waals surface area contributed by atoms with E-state index in [-0.39, 0.29) is 31.0 Å². The van der Waals surface area contributed by atoms with Crippen LogP contribution in [0, 0.1) is 6.92 Å². The van der Waals surface area contributed by atoms with Crippen molar-refractivity contribution in [1.29, 1.82) is 0 Å². The summed E-state index contributed by atoms with van der Waals surface area (Å²) in [6.45, 7) is 5.69. The van der Waals surface area contributed by atoms with Gasteiger partial charge in [0.1, 0.15) is 0 Å². The summed E-state index contributed by atoms with van der Waals surface area (Å²) >= 11 is 1.78. The number of nitrogens with two attached hydrogens (primary N) is 1. The van der Waals surface area contributed by atoms with E-state index in [0.717, 1.165) is 22.8 Å². The summed E-state index contributed by atoms with van der Waals surface area (Å²) < 4.78 is 30.3. The molecule has 196 valence electrons. The van der Waals surface area contributed by atoms with Gasteiger partial charge in [-0.1, -0.05) is 67.4 Å². The predicted molar refractivity (Wildman–Crippen MR) is 147 cm³/mol. The second kappa shape index (κ2) is 12.7. The summed E-state index contributed by atoms with van der Waals surface area (Å²) in [4.78, 5) is 18.8. The lowest BCUT2D eigenvalue weighted by Gasteiger charge is -2.33. The molecular weight excluding hydrogens is 494 g/mol. The van der Waals surface area contributed by atoms with Crippen LogP contribution >= 0.6 is 11.3 Å². The second-order valence-electron chi connectivity index (χ2n) is 9.23. The highest BCUT2D eigenvalue weighted by molar-refractivity contribution is 7.93. The number of hydrogen-bond acceptors (Lipinski definition) is 7. The van der Waals surface area contributed by atoms with E-state index in [4.69, 9.17) is 10.5 Å². The molecule has 0 aliphatic carbocycles. The second-order valence-corrected chi connectivity index (χ2v) is 12.5. The minimum atomic E-state index is -3.79. The first-order valence-corrected chi connectivity index (χ1v) is 14.8. The van der Waals surface area contributed by atoms with E-state index in [1.165, 1.54) is 42.5 Å². The lowest BCUT2D eigenvalue weighted by atomic mass is 9.98. The highest BCUT2D eigenvalue weighted by atomic mass is 32.2. The van der Waals surface area contributed by atoms with E-state index >= 15 is 0 Å². The highest BCUT2D eigenvalue weighted by Gasteiger charge is 2.50. The number of nitrogens with zero attached hydrogens (tertiary/aromatic N) is 2. The molecule has 0 saturated carbocycles. The third-order valence-electron chi connectivity index (χ3n) is 6.55. The number of thiazole rings is 1. The third kappa shape index (κ3) is 6.44. The van der Waals surface area contributed by atoms with Crippen molar-refractivity contribution in [3.05, 3.63) is 54.1 Å². The summed E-state index contributed by atoms with van der Waals surface area (Å²) in [5.74, 6) is -0.795. The van der Waals surface area contributed by atoms with Gasteiger partial charge in [0.15, 0.2) is 19.7 Å². The number of sulfone groups is 1. The Balaban J connectivity index is 0.000000202. The minimum absolute atomic E-state index is 0.110. The lowest BCUT2D eigenvalue weighted by molar-refractivity contribution is -0.122. The number of fused-ring (bicyclic) bond motifs is 1. The van der Waals surface area contributed by atoms with Crippen molar-refractivity contribution in [1.82, 2.24) is 4.98 Å². The number of aryl methyl sites for hydroxylation is 1. The zero-order valence-electron chi connectivity index (χ0n) is 21.4. The van der Waals surface area contributed by atoms with E-state index < -0.39 is 20.5 Å². The van der Waals surface area contributed by atoms with Crippen LogP contribution in [-0.4, -0.2) is 50.9 Å². The first-order valence-electron chi connectivity index (χ1n) is 12.5. The fourth-order valence-electron chi connectivity index (χ4n) is 4.19. The number of carbonyl (C=O) groups excluding carboxylic acids is 1. The number of para-hydroxylation sites is 1. The molecular formula is C27H37N3O4S2. The number of carbonyl (C=O) groups is 1. The van der Waals surface area contributed by atoms with Crippen molar-refractivity contribution < 1.29 is 17.9 Å². The summed E-state index contributed by atoms with van der Waals surface area (Å²) in [5.41, 5.74) is 7.46. The van der Waals surface area contributed by atoms with Gasteiger partial charge in [-0.25, -0.2) is 13.4 Å². The van der Waals surface area contributed by atoms with Gasteiger partial charge < -0.3 is 15.4 Å². The lowest BCUT2D eigenvalue weighted by Crippen LogP contribution is -2.53. The molecule has 1 fully saturated rings. The summed E-state index contributed by atoms with van der Waals surface area (Å²) in [5, 5.41) is 1.14. The smallest absolute Gasteiger partial charge is 0.239 e. The number of unbranched alkanes of at least 4 members (excludes halogenated alkanes) is 3. The van der Waals surface area contributed by atoms with Gasteiger partial charge in [-0.2, -0.15) is 0 Å². The third-order valence-corrected chi connectivity index (χ3v) is 10.2. The van der Waals surface area contributed by atoms with Crippen molar-refractivity contribution >= 4 is 42.4 Å². The van der Waals surface area contributed by atoms with Crippen molar-refractivity contribution in [2.45, 2.75) is 62.0 Å². The van der Waals surface area contributed by atoms with Crippen molar-refractivity contribution in [3.8, 4) is 0 Å². The Kier molecular flexibility index (Phi) is 9.87. The molecule has 1 saturated heterocycles. The number of amides is 1. The molecule has 3 aromatic rings. The number of aromatic nitrogens is 1. The Morgan fingerprint density at radius 1 is 1.08 bits per heavy atom. The summed E-state index contributed by atoms with van der Waals surface area (Å²) in [7, 11) is -1.65. The number of rotatable bonds is 9. The van der Waals surface area contributed by atoms with Gasteiger partial charge in [0.2, 0.25) is 5.91 Å². The molecule has 1 amide bonds. The molecule has 36 heavy (non-hydrogen) atoms. The number of benzene rings is 2. The highest BCUT2D eigenvalue weighted by Crippen LogP contribution is 2.34. The van der Waals surface area contributed by atoms with Gasteiger partial charge in [0.25, 0.3) is 0 Å². The number of primary amides is 1. The van der Waals surface area contributed by atoms with E-state index in [0.29, 0.717) is 0 Å². The average molecular weight is 532 g/mol. The molecule has 1 aliphatic rings. The van der Waals surface area contributed by atoms with Gasteiger partial charge in [-0.3, -0.25) is 4.79 Å². The molecule has 0 unspecified atom stereocenters. The van der Waals surface area contributed by atoms with E-state index in [2.05, 4.69) is 42.1 Å². The van der Waals surface area contributed by atoms with Crippen LogP contribution in [-0.2, 0) is 19.4 Å². The zero-order valence-corrected chi connectivity index (χ0v) is 23.0. The van der Waals surface area contributed by atoms with Crippen LogP contribution < -0.4 is 10.6 Å². The standard InChI is InChI=1S/C14H20N2S.C13H17NO4S/c1-3-4-5-8-11-16(2)14-15-12-9-6-7-10-13(12)17-14;1-10-2-4-11(5-3-10)19(16,17)13(12(14)15)6-8-18-9-7-13/h6-7,9-10H,3-5,8,11H2,1-2H3;2-5H,6-9H2,1H3,(H2,14,15). The Morgan fingerprint density at radius 3 is 2.36 bits per heavy atom. The van der Waals surface area contributed by atoms with E-state index in [1.807, 2.05) is 13.0 Å². The SMILES string of the molecule is CCCCCCN(C)c1nc2ccccc2s1.Cc1ccc(S(=O)(=O)C2(C(N)=O)CCOCC2)cc1. The van der Waals surface area contributed by atoms with Crippen molar-refractivity contribution in [2.24, 2.45) is 5.73 Å². The largest absolute Gasteiger partial charge is 0.381 e. The molecule has 4 rings (SSSR count). The van der Waals surface area contributed by atoms with Gasteiger partial charge in [-0.05, 0) is 50.5 Å². The number of ether oxygens (including phenoxy) is 1. The molecule has 7 nitrogen and oxygen atoms in total. The fraction of sp³-hybridized carbons (Fsp3) is 0.481. The Hall–Kier alpha value is -2.49. The maximum absolute atomic E-state index is 12.7. The van der Waals surface area contributed by atoms with Crippen LogP contribution in [0.2, 0.25) is 0 Å². The van der Waals surface area contributed by atoms with E-state index in [1.54, 1.807) is 23.5 Å². The molecule has 9 heteroatoms. The summed E-state index contributed by atoms with van der Waals surface area (Å²) in [6, 6.07) is 14.8. The van der Waals surface area contributed by atoms with Gasteiger partial charge in [0, 0.05) is 26.8 Å². The molecule has 2 heterocycles. The van der Waals surface area contributed by atoms with E-state index in [9.17, 15) is 13.2 Å². The van der Waals surface area contributed by atoms with Gasteiger partial charge in [-0.15, -0.1) is 0 Å². The molecule has 0 atom stereocenters. The topological polar surface area (TPSA) is 103 Å². The Bertz CT molecular complexity index is 1200. The van der Waals surface area contributed by atoms with Gasteiger partial charge in [0.05, 0.1) is 15.1 Å². The van der Waals surface area contributed by atoms with Gasteiger partial charge >= 0.3 is 0 Å². The molecule has 2 aromatic carbocycles.